The molecule has 1 aromatic heterocycles. The van der Waals surface area contributed by atoms with Crippen LogP contribution in [0.1, 0.15) is 11.1 Å². The molecule has 0 aliphatic rings. The van der Waals surface area contributed by atoms with Crippen molar-refractivity contribution in [2.24, 2.45) is 0 Å². The lowest BCUT2D eigenvalue weighted by Gasteiger charge is -2.13. The van der Waals surface area contributed by atoms with Gasteiger partial charge in [0.1, 0.15) is 19.0 Å². The fourth-order valence-corrected chi connectivity index (χ4v) is 3.00. The molecular formula is C25H19F3N2O3. The lowest BCUT2D eigenvalue weighted by Crippen LogP contribution is -2.16. The van der Waals surface area contributed by atoms with E-state index in [1.54, 1.807) is 6.07 Å². The number of hydrogen-bond acceptors (Lipinski definition) is 5. The van der Waals surface area contributed by atoms with Gasteiger partial charge in [0.2, 0.25) is 0 Å². The number of halogens is 3. The SMILES string of the molecule is FC(F)(F)Oc1ccc(-c2cc(OCc3ccccc3)c(OCc3ccccc3)nn2)cc1. The van der Waals surface area contributed by atoms with E-state index in [1.807, 2.05) is 60.7 Å². The Labute approximate surface area is 188 Å². The van der Waals surface area contributed by atoms with Crippen molar-refractivity contribution in [1.82, 2.24) is 10.2 Å². The summed E-state index contributed by atoms with van der Waals surface area (Å²) in [5.74, 6) is 0.272. The Kier molecular flexibility index (Phi) is 6.73. The number of hydrogen-bond donors (Lipinski definition) is 0. The molecule has 8 heteroatoms. The first kappa shape index (κ1) is 22.1. The van der Waals surface area contributed by atoms with E-state index in [2.05, 4.69) is 14.9 Å². The van der Waals surface area contributed by atoms with Crippen LogP contribution < -0.4 is 14.2 Å². The average molecular weight is 452 g/mol. The maximum Gasteiger partial charge on any atom is 0.573 e. The monoisotopic (exact) mass is 452 g/mol. The summed E-state index contributed by atoms with van der Waals surface area (Å²) in [6.45, 7) is 0.562. The predicted octanol–water partition coefficient (Wildman–Crippen LogP) is 6.20. The van der Waals surface area contributed by atoms with Gasteiger partial charge >= 0.3 is 6.36 Å². The summed E-state index contributed by atoms with van der Waals surface area (Å²) >= 11 is 0. The van der Waals surface area contributed by atoms with E-state index in [0.29, 0.717) is 17.0 Å². The molecule has 0 saturated heterocycles. The Bertz CT molecular complexity index is 1170. The number of aromatic nitrogens is 2. The first-order valence-corrected chi connectivity index (χ1v) is 10.0. The smallest absolute Gasteiger partial charge is 0.483 e. The molecule has 4 aromatic rings. The summed E-state index contributed by atoms with van der Waals surface area (Å²) in [6.07, 6.45) is -4.75. The molecule has 0 aliphatic heterocycles. The molecule has 5 nitrogen and oxygen atoms in total. The minimum Gasteiger partial charge on any atom is -0.483 e. The van der Waals surface area contributed by atoms with Crippen LogP contribution in [0.25, 0.3) is 11.3 Å². The Morgan fingerprint density at radius 1 is 0.667 bits per heavy atom. The van der Waals surface area contributed by atoms with Gasteiger partial charge in [0, 0.05) is 11.6 Å². The van der Waals surface area contributed by atoms with Crippen molar-refractivity contribution >= 4 is 0 Å². The fourth-order valence-electron chi connectivity index (χ4n) is 3.00. The van der Waals surface area contributed by atoms with Crippen LogP contribution in [0.3, 0.4) is 0 Å². The first-order chi connectivity index (χ1) is 16.0. The molecule has 3 aromatic carbocycles. The normalized spacial score (nSPS) is 11.1. The highest BCUT2D eigenvalue weighted by Gasteiger charge is 2.31. The molecule has 0 aliphatic carbocycles. The number of benzene rings is 3. The summed E-state index contributed by atoms with van der Waals surface area (Å²) < 4.78 is 52.9. The molecule has 0 radical (unpaired) electrons. The largest absolute Gasteiger partial charge is 0.573 e. The number of rotatable bonds is 8. The third-order valence-electron chi connectivity index (χ3n) is 4.57. The second kappa shape index (κ2) is 10.0. The van der Waals surface area contributed by atoms with Crippen LogP contribution >= 0.6 is 0 Å². The van der Waals surface area contributed by atoms with Gasteiger partial charge in [0.05, 0.1) is 5.69 Å². The van der Waals surface area contributed by atoms with E-state index in [-0.39, 0.29) is 24.8 Å². The van der Waals surface area contributed by atoms with Crippen LogP contribution in [0.15, 0.2) is 91.0 Å². The van der Waals surface area contributed by atoms with Gasteiger partial charge in [-0.2, -0.15) is 0 Å². The van der Waals surface area contributed by atoms with Gasteiger partial charge in [-0.15, -0.1) is 23.4 Å². The van der Waals surface area contributed by atoms with Gasteiger partial charge in [-0.1, -0.05) is 60.7 Å². The molecule has 0 fully saturated rings. The second-order valence-electron chi connectivity index (χ2n) is 7.02. The van der Waals surface area contributed by atoms with Crippen molar-refractivity contribution in [3.63, 3.8) is 0 Å². The summed E-state index contributed by atoms with van der Waals surface area (Å²) in [6, 6.07) is 26.2. The second-order valence-corrected chi connectivity index (χ2v) is 7.02. The molecule has 1 heterocycles. The standard InChI is InChI=1S/C25H19F3N2O3/c26-25(27,28)33-21-13-11-20(12-14-21)22-15-23(31-16-18-7-3-1-4-8-18)24(30-29-22)32-17-19-9-5-2-6-10-19/h1-15H,16-17H2. The zero-order chi connectivity index (χ0) is 23.1. The Morgan fingerprint density at radius 3 is 1.82 bits per heavy atom. The van der Waals surface area contributed by atoms with Gasteiger partial charge in [-0.3, -0.25) is 0 Å². The van der Waals surface area contributed by atoms with Crippen molar-refractivity contribution in [1.29, 1.82) is 0 Å². The van der Waals surface area contributed by atoms with Crippen LogP contribution in [0.4, 0.5) is 13.2 Å². The van der Waals surface area contributed by atoms with Crippen LogP contribution in [0, 0.1) is 0 Å². The van der Waals surface area contributed by atoms with Gasteiger partial charge in [-0.05, 0) is 35.4 Å². The molecule has 0 atom stereocenters. The molecular weight excluding hydrogens is 433 g/mol. The van der Waals surface area contributed by atoms with Crippen LogP contribution in [0.2, 0.25) is 0 Å². The molecule has 4 rings (SSSR count). The number of ether oxygens (including phenoxy) is 3. The summed E-state index contributed by atoms with van der Waals surface area (Å²) in [7, 11) is 0. The Hall–Kier alpha value is -4.07. The van der Waals surface area contributed by atoms with Crippen LogP contribution in [0.5, 0.6) is 17.4 Å². The fraction of sp³-hybridized carbons (Fsp3) is 0.120. The van der Waals surface area contributed by atoms with E-state index in [0.717, 1.165) is 11.1 Å². The molecule has 0 amide bonds. The Balaban J connectivity index is 1.56. The zero-order valence-electron chi connectivity index (χ0n) is 17.3. The van der Waals surface area contributed by atoms with Gasteiger partial charge in [-0.25, -0.2) is 0 Å². The number of alkyl halides is 3. The highest BCUT2D eigenvalue weighted by molar-refractivity contribution is 5.62. The summed E-state index contributed by atoms with van der Waals surface area (Å²) in [5, 5.41) is 8.32. The predicted molar refractivity (Wildman–Crippen MR) is 116 cm³/mol. The molecule has 0 unspecified atom stereocenters. The van der Waals surface area contributed by atoms with E-state index >= 15 is 0 Å². The lowest BCUT2D eigenvalue weighted by molar-refractivity contribution is -0.274. The molecule has 168 valence electrons. The first-order valence-electron chi connectivity index (χ1n) is 10.0. The van der Waals surface area contributed by atoms with Crippen molar-refractivity contribution in [3.8, 4) is 28.6 Å². The van der Waals surface area contributed by atoms with Crippen molar-refractivity contribution in [2.45, 2.75) is 19.6 Å². The van der Waals surface area contributed by atoms with E-state index in [1.165, 1.54) is 24.3 Å². The minimum absolute atomic E-state index is 0.218. The number of nitrogens with zero attached hydrogens (tertiary/aromatic N) is 2. The van der Waals surface area contributed by atoms with Gasteiger partial charge in [0.15, 0.2) is 5.75 Å². The van der Waals surface area contributed by atoms with E-state index < -0.39 is 6.36 Å². The van der Waals surface area contributed by atoms with E-state index in [4.69, 9.17) is 9.47 Å². The van der Waals surface area contributed by atoms with Crippen molar-refractivity contribution < 1.29 is 27.4 Å². The lowest BCUT2D eigenvalue weighted by atomic mass is 10.1. The molecule has 0 spiro atoms. The molecule has 33 heavy (non-hydrogen) atoms. The quantitative estimate of drug-likeness (QED) is 0.319. The molecule has 0 N–H and O–H groups in total. The highest BCUT2D eigenvalue weighted by Crippen LogP contribution is 2.31. The minimum atomic E-state index is -4.75. The summed E-state index contributed by atoms with van der Waals surface area (Å²) in [4.78, 5) is 0. The van der Waals surface area contributed by atoms with Crippen LogP contribution in [-0.4, -0.2) is 16.6 Å². The van der Waals surface area contributed by atoms with Crippen molar-refractivity contribution in [2.75, 3.05) is 0 Å². The maximum atomic E-state index is 12.4. The van der Waals surface area contributed by atoms with E-state index in [9.17, 15) is 13.2 Å². The van der Waals surface area contributed by atoms with Gasteiger partial charge < -0.3 is 14.2 Å². The topological polar surface area (TPSA) is 53.5 Å². The maximum absolute atomic E-state index is 12.4. The Morgan fingerprint density at radius 2 is 1.24 bits per heavy atom. The molecule has 0 saturated carbocycles. The third-order valence-corrected chi connectivity index (χ3v) is 4.57. The average Bonchev–Trinajstić information content (AvgIpc) is 2.82. The highest BCUT2D eigenvalue weighted by atomic mass is 19.4. The van der Waals surface area contributed by atoms with Gasteiger partial charge in [0.25, 0.3) is 5.88 Å². The van der Waals surface area contributed by atoms with Crippen molar-refractivity contribution in [3.05, 3.63) is 102 Å². The summed E-state index contributed by atoms with van der Waals surface area (Å²) in [5.41, 5.74) is 2.89. The molecule has 0 bridgehead atoms. The zero-order valence-corrected chi connectivity index (χ0v) is 17.3. The van der Waals surface area contributed by atoms with Crippen LogP contribution in [-0.2, 0) is 13.2 Å². The third kappa shape index (κ3) is 6.46.